The molecule has 0 heterocycles. The summed E-state index contributed by atoms with van der Waals surface area (Å²) in [5.41, 5.74) is 0.270. The number of ether oxygens (including phenoxy) is 3. The van der Waals surface area contributed by atoms with Gasteiger partial charge in [-0.1, -0.05) is 13.8 Å². The van der Waals surface area contributed by atoms with Crippen LogP contribution in [0, 0.1) is 5.92 Å². The maximum atomic E-state index is 12.1. The predicted molar refractivity (Wildman–Crippen MR) is 94.6 cm³/mol. The molecule has 0 saturated heterocycles. The lowest BCUT2D eigenvalue weighted by Crippen LogP contribution is -2.38. The van der Waals surface area contributed by atoms with E-state index in [0.29, 0.717) is 28.5 Å². The number of halogens is 1. The van der Waals surface area contributed by atoms with Gasteiger partial charge in [-0.2, -0.15) is 0 Å². The highest BCUT2D eigenvalue weighted by molar-refractivity contribution is 9.10. The van der Waals surface area contributed by atoms with Gasteiger partial charge in [0.15, 0.2) is 18.1 Å². The van der Waals surface area contributed by atoms with Crippen LogP contribution in [0.2, 0.25) is 0 Å². The Morgan fingerprint density at radius 2 is 1.92 bits per heavy atom. The molecular formula is C17H24BrNO5. The van der Waals surface area contributed by atoms with E-state index in [1.54, 1.807) is 6.07 Å². The number of hydrogen-bond donors (Lipinski definition) is 1. The number of amides is 1. The maximum absolute atomic E-state index is 12.1. The quantitative estimate of drug-likeness (QED) is 0.677. The summed E-state index contributed by atoms with van der Waals surface area (Å²) in [5, 5.41) is 2.78. The van der Waals surface area contributed by atoms with Crippen molar-refractivity contribution in [3.8, 4) is 11.5 Å². The third-order valence-electron chi connectivity index (χ3n) is 3.48. The molecule has 0 aromatic heterocycles. The van der Waals surface area contributed by atoms with Crippen molar-refractivity contribution in [2.75, 3.05) is 20.3 Å². The van der Waals surface area contributed by atoms with Crippen LogP contribution in [0.3, 0.4) is 0 Å². The molecule has 1 aromatic carbocycles. The minimum Gasteiger partial charge on any atom is -0.493 e. The topological polar surface area (TPSA) is 73.9 Å². The average Bonchev–Trinajstić information content (AvgIpc) is 2.54. The van der Waals surface area contributed by atoms with Crippen molar-refractivity contribution in [1.29, 1.82) is 0 Å². The van der Waals surface area contributed by atoms with Crippen molar-refractivity contribution < 1.29 is 23.8 Å². The van der Waals surface area contributed by atoms with Crippen LogP contribution in [-0.2, 0) is 9.53 Å². The van der Waals surface area contributed by atoms with Crippen LogP contribution in [0.5, 0.6) is 11.5 Å². The van der Waals surface area contributed by atoms with Gasteiger partial charge in [-0.05, 0) is 47.8 Å². The molecule has 1 N–H and O–H groups in total. The van der Waals surface area contributed by atoms with Crippen LogP contribution in [0.15, 0.2) is 16.6 Å². The van der Waals surface area contributed by atoms with Crippen LogP contribution < -0.4 is 14.8 Å². The smallest absolute Gasteiger partial charge is 0.338 e. The number of hydrogen-bond acceptors (Lipinski definition) is 5. The number of methoxy groups -OCH3 is 1. The van der Waals surface area contributed by atoms with E-state index < -0.39 is 5.97 Å². The molecule has 1 amide bonds. The second-order valence-electron chi connectivity index (χ2n) is 5.60. The first-order chi connectivity index (χ1) is 11.3. The summed E-state index contributed by atoms with van der Waals surface area (Å²) in [5.74, 6) is 0.290. The van der Waals surface area contributed by atoms with Gasteiger partial charge in [0.2, 0.25) is 0 Å². The molecule has 1 aromatic rings. The van der Waals surface area contributed by atoms with Gasteiger partial charge >= 0.3 is 5.97 Å². The molecule has 1 rings (SSSR count). The van der Waals surface area contributed by atoms with Gasteiger partial charge in [0.05, 0.1) is 23.8 Å². The monoisotopic (exact) mass is 401 g/mol. The van der Waals surface area contributed by atoms with Gasteiger partial charge < -0.3 is 19.5 Å². The van der Waals surface area contributed by atoms with Crippen molar-refractivity contribution >= 4 is 27.8 Å². The Bertz CT molecular complexity index is 589. The molecule has 24 heavy (non-hydrogen) atoms. The molecule has 0 radical (unpaired) electrons. The molecular weight excluding hydrogens is 378 g/mol. The number of rotatable bonds is 8. The first-order valence-electron chi connectivity index (χ1n) is 7.76. The zero-order chi connectivity index (χ0) is 18.3. The molecule has 0 saturated carbocycles. The first-order valence-corrected chi connectivity index (χ1v) is 8.56. The van der Waals surface area contributed by atoms with Crippen LogP contribution >= 0.6 is 15.9 Å². The summed E-state index contributed by atoms with van der Waals surface area (Å²) in [6.07, 6.45) is 0. The Balaban J connectivity index is 2.75. The summed E-state index contributed by atoms with van der Waals surface area (Å²) < 4.78 is 16.3. The lowest BCUT2D eigenvalue weighted by Gasteiger charge is -2.17. The molecule has 6 nitrogen and oxygen atoms in total. The molecule has 0 aliphatic heterocycles. The predicted octanol–water partition coefficient (Wildman–Crippen LogP) is 3.17. The summed E-state index contributed by atoms with van der Waals surface area (Å²) in [7, 11) is 1.49. The minimum absolute atomic E-state index is 0.0101. The Morgan fingerprint density at radius 1 is 1.25 bits per heavy atom. The van der Waals surface area contributed by atoms with E-state index in [-0.39, 0.29) is 24.1 Å². The number of benzene rings is 1. The van der Waals surface area contributed by atoms with Gasteiger partial charge in [0.1, 0.15) is 0 Å². The molecule has 1 atom stereocenters. The Hall–Kier alpha value is -1.76. The molecule has 134 valence electrons. The number of esters is 1. The summed E-state index contributed by atoms with van der Waals surface area (Å²) >= 11 is 3.34. The number of nitrogens with one attached hydrogen (secondary N) is 1. The van der Waals surface area contributed by atoms with E-state index in [9.17, 15) is 9.59 Å². The van der Waals surface area contributed by atoms with Crippen LogP contribution in [-0.4, -0.2) is 38.2 Å². The molecule has 7 heteroatoms. The highest BCUT2D eigenvalue weighted by Crippen LogP contribution is 2.36. The van der Waals surface area contributed by atoms with Gasteiger partial charge in [-0.25, -0.2) is 4.79 Å². The van der Waals surface area contributed by atoms with E-state index in [1.165, 1.54) is 13.2 Å². The molecule has 0 fully saturated rings. The van der Waals surface area contributed by atoms with E-state index >= 15 is 0 Å². The highest BCUT2D eigenvalue weighted by atomic mass is 79.9. The number of carbonyl (C=O) groups is 2. The van der Waals surface area contributed by atoms with Gasteiger partial charge in [0, 0.05) is 6.04 Å². The van der Waals surface area contributed by atoms with E-state index in [0.717, 1.165) is 0 Å². The normalized spacial score (nSPS) is 11.8. The lowest BCUT2D eigenvalue weighted by molar-refractivity contribution is -0.125. The van der Waals surface area contributed by atoms with Gasteiger partial charge in [0.25, 0.3) is 5.91 Å². The van der Waals surface area contributed by atoms with Crippen molar-refractivity contribution in [2.24, 2.45) is 5.92 Å². The Labute approximate surface area is 151 Å². The number of carbonyl (C=O) groups excluding carboxylic acids is 2. The largest absolute Gasteiger partial charge is 0.493 e. The van der Waals surface area contributed by atoms with Crippen molar-refractivity contribution in [3.63, 3.8) is 0 Å². The second kappa shape index (κ2) is 9.52. The lowest BCUT2D eigenvalue weighted by atomic mass is 10.1. The van der Waals surface area contributed by atoms with Crippen molar-refractivity contribution in [1.82, 2.24) is 5.32 Å². The standard InChI is InChI=1S/C17H24BrNO5/c1-6-23-16-13(18)7-12(8-14(16)22-5)17(21)24-9-15(20)19-11(4)10(2)3/h7-8,10-11H,6,9H2,1-5H3,(H,19,20)/t11-/m0/s1. The summed E-state index contributed by atoms with van der Waals surface area (Å²) in [6, 6.07) is 3.10. The third-order valence-corrected chi connectivity index (χ3v) is 4.07. The fraction of sp³-hybridized carbons (Fsp3) is 0.529. The second-order valence-corrected chi connectivity index (χ2v) is 6.45. The summed E-state index contributed by atoms with van der Waals surface area (Å²) in [4.78, 5) is 23.9. The van der Waals surface area contributed by atoms with E-state index in [4.69, 9.17) is 14.2 Å². The van der Waals surface area contributed by atoms with Crippen LogP contribution in [0.1, 0.15) is 38.1 Å². The summed E-state index contributed by atoms with van der Waals surface area (Å²) in [6.45, 7) is 7.89. The molecule has 0 aliphatic rings. The molecule has 0 unspecified atom stereocenters. The van der Waals surface area contributed by atoms with Crippen LogP contribution in [0.25, 0.3) is 0 Å². The molecule has 0 bridgehead atoms. The fourth-order valence-corrected chi connectivity index (χ4v) is 2.36. The van der Waals surface area contributed by atoms with Gasteiger partial charge in [-0.15, -0.1) is 0 Å². The van der Waals surface area contributed by atoms with E-state index in [2.05, 4.69) is 21.2 Å². The minimum atomic E-state index is -0.607. The third kappa shape index (κ3) is 5.70. The molecule has 0 aliphatic carbocycles. The van der Waals surface area contributed by atoms with E-state index in [1.807, 2.05) is 27.7 Å². The van der Waals surface area contributed by atoms with Crippen molar-refractivity contribution in [3.05, 3.63) is 22.2 Å². The van der Waals surface area contributed by atoms with Gasteiger partial charge in [-0.3, -0.25) is 4.79 Å². The maximum Gasteiger partial charge on any atom is 0.338 e. The molecule has 0 spiro atoms. The Morgan fingerprint density at radius 3 is 2.46 bits per heavy atom. The zero-order valence-corrected chi connectivity index (χ0v) is 16.2. The SMILES string of the molecule is CCOc1c(Br)cc(C(=O)OCC(=O)N[C@@H](C)C(C)C)cc1OC. The zero-order valence-electron chi connectivity index (χ0n) is 14.6. The fourth-order valence-electron chi connectivity index (χ4n) is 1.80. The Kier molecular flexibility index (Phi) is 8.04. The van der Waals surface area contributed by atoms with Crippen molar-refractivity contribution in [2.45, 2.75) is 33.7 Å². The average molecular weight is 402 g/mol. The highest BCUT2D eigenvalue weighted by Gasteiger charge is 2.18. The first kappa shape index (κ1) is 20.3. The van der Waals surface area contributed by atoms with Crippen LogP contribution in [0.4, 0.5) is 0 Å².